The number of nitrogens with one attached hydrogen (secondary N) is 2. The van der Waals surface area contributed by atoms with Gasteiger partial charge in [-0.25, -0.2) is 9.59 Å². The molecule has 0 aromatic heterocycles. The van der Waals surface area contributed by atoms with Gasteiger partial charge in [-0.2, -0.15) is 0 Å². The van der Waals surface area contributed by atoms with Crippen molar-refractivity contribution in [3.05, 3.63) is 0 Å². The minimum atomic E-state index is -1.33. The van der Waals surface area contributed by atoms with Gasteiger partial charge in [0.25, 0.3) is 5.91 Å². The molecule has 10 nitrogen and oxygen atoms in total. The summed E-state index contributed by atoms with van der Waals surface area (Å²) in [6, 6.07) is -1.20. The maximum atomic E-state index is 11.7. The number of hydrogen-bond acceptors (Lipinski definition) is 4. The molecule has 0 unspecified atom stereocenters. The standard InChI is InChI=1S/C9H14N4O6/c1-5(14)10-11-7(15)6-4-12(8(16)17)2-3-13(6)9(18)19/h6H,2-4H2,1H3,(H,10,14)(H,11,15)(H,16,17)(H,18,19)/t6-/m1/s1. The number of carbonyl (C=O) groups is 4. The van der Waals surface area contributed by atoms with Crippen molar-refractivity contribution in [2.24, 2.45) is 0 Å². The highest BCUT2D eigenvalue weighted by molar-refractivity contribution is 5.88. The highest BCUT2D eigenvalue weighted by Gasteiger charge is 2.37. The van der Waals surface area contributed by atoms with Crippen molar-refractivity contribution in [3.8, 4) is 0 Å². The van der Waals surface area contributed by atoms with E-state index in [0.29, 0.717) is 0 Å². The lowest BCUT2D eigenvalue weighted by Crippen LogP contribution is -2.62. The summed E-state index contributed by atoms with van der Waals surface area (Å²) in [4.78, 5) is 46.0. The molecule has 0 aromatic carbocycles. The first-order chi connectivity index (χ1) is 8.82. The molecule has 1 rings (SSSR count). The third-order valence-corrected chi connectivity index (χ3v) is 2.56. The van der Waals surface area contributed by atoms with E-state index in [-0.39, 0.29) is 19.6 Å². The summed E-state index contributed by atoms with van der Waals surface area (Å²) in [5.41, 5.74) is 4.06. The van der Waals surface area contributed by atoms with Gasteiger partial charge in [-0.05, 0) is 0 Å². The average Bonchev–Trinajstić information content (AvgIpc) is 2.34. The SMILES string of the molecule is CC(=O)NNC(=O)[C@H]1CN(C(=O)O)CCN1C(=O)O. The van der Waals surface area contributed by atoms with Crippen LogP contribution in [0.4, 0.5) is 9.59 Å². The highest BCUT2D eigenvalue weighted by Crippen LogP contribution is 2.10. The molecule has 1 aliphatic rings. The summed E-state index contributed by atoms with van der Waals surface area (Å²) >= 11 is 0. The Bertz CT molecular complexity index is 412. The summed E-state index contributed by atoms with van der Waals surface area (Å²) < 4.78 is 0. The minimum Gasteiger partial charge on any atom is -0.465 e. The van der Waals surface area contributed by atoms with E-state index < -0.39 is 30.0 Å². The highest BCUT2D eigenvalue weighted by atomic mass is 16.4. The van der Waals surface area contributed by atoms with Gasteiger partial charge in [0.1, 0.15) is 6.04 Å². The van der Waals surface area contributed by atoms with Crippen LogP contribution in [-0.2, 0) is 9.59 Å². The molecule has 19 heavy (non-hydrogen) atoms. The summed E-state index contributed by atoms with van der Waals surface area (Å²) in [6.07, 6.45) is -2.56. The molecular weight excluding hydrogens is 260 g/mol. The maximum absolute atomic E-state index is 11.7. The Labute approximate surface area is 107 Å². The van der Waals surface area contributed by atoms with Gasteiger partial charge in [-0.1, -0.05) is 0 Å². The van der Waals surface area contributed by atoms with Crippen molar-refractivity contribution < 1.29 is 29.4 Å². The monoisotopic (exact) mass is 274 g/mol. The topological polar surface area (TPSA) is 139 Å². The number of amides is 4. The molecule has 0 spiro atoms. The molecule has 10 heteroatoms. The van der Waals surface area contributed by atoms with E-state index in [1.807, 2.05) is 10.9 Å². The summed E-state index contributed by atoms with van der Waals surface area (Å²) in [6.45, 7) is 0.762. The van der Waals surface area contributed by atoms with Crippen molar-refractivity contribution in [2.45, 2.75) is 13.0 Å². The summed E-state index contributed by atoms with van der Waals surface area (Å²) in [7, 11) is 0. The second-order valence-electron chi connectivity index (χ2n) is 3.89. The molecule has 0 aromatic rings. The Morgan fingerprint density at radius 1 is 1.05 bits per heavy atom. The molecule has 0 bridgehead atoms. The van der Waals surface area contributed by atoms with Gasteiger partial charge in [-0.3, -0.25) is 25.3 Å². The molecule has 1 saturated heterocycles. The largest absolute Gasteiger partial charge is 0.465 e. The van der Waals surface area contributed by atoms with Crippen LogP contribution in [0.2, 0.25) is 0 Å². The fraction of sp³-hybridized carbons (Fsp3) is 0.556. The number of hydrogen-bond donors (Lipinski definition) is 4. The van der Waals surface area contributed by atoms with Crippen molar-refractivity contribution in [1.82, 2.24) is 20.7 Å². The van der Waals surface area contributed by atoms with Crippen LogP contribution in [0.15, 0.2) is 0 Å². The van der Waals surface area contributed by atoms with E-state index in [0.717, 1.165) is 9.80 Å². The van der Waals surface area contributed by atoms with Gasteiger partial charge < -0.3 is 15.1 Å². The van der Waals surface area contributed by atoms with Crippen molar-refractivity contribution >= 4 is 24.0 Å². The van der Waals surface area contributed by atoms with Gasteiger partial charge in [0.05, 0.1) is 6.54 Å². The van der Waals surface area contributed by atoms with Crippen LogP contribution >= 0.6 is 0 Å². The van der Waals surface area contributed by atoms with Crippen LogP contribution in [-0.4, -0.2) is 69.7 Å². The Kier molecular flexibility index (Phi) is 4.51. The molecule has 0 saturated carbocycles. The average molecular weight is 274 g/mol. The number of carboxylic acid groups (broad SMARTS) is 2. The summed E-state index contributed by atoms with van der Waals surface area (Å²) in [5, 5.41) is 17.8. The normalized spacial score (nSPS) is 18.7. The second kappa shape index (κ2) is 5.89. The fourth-order valence-corrected chi connectivity index (χ4v) is 1.64. The van der Waals surface area contributed by atoms with Crippen LogP contribution in [0.25, 0.3) is 0 Å². The van der Waals surface area contributed by atoms with Crippen LogP contribution in [0.1, 0.15) is 6.92 Å². The zero-order valence-corrected chi connectivity index (χ0v) is 10.1. The predicted molar refractivity (Wildman–Crippen MR) is 60.1 cm³/mol. The van der Waals surface area contributed by atoms with Crippen LogP contribution in [0, 0.1) is 0 Å². The third-order valence-electron chi connectivity index (χ3n) is 2.56. The minimum absolute atomic E-state index is 0.00838. The lowest BCUT2D eigenvalue weighted by Gasteiger charge is -2.37. The molecular formula is C9H14N4O6. The van der Waals surface area contributed by atoms with Crippen LogP contribution < -0.4 is 10.9 Å². The quantitative estimate of drug-likeness (QED) is 0.429. The van der Waals surface area contributed by atoms with E-state index in [4.69, 9.17) is 10.2 Å². The second-order valence-corrected chi connectivity index (χ2v) is 3.89. The molecule has 1 aliphatic heterocycles. The Balaban J connectivity index is 2.76. The lowest BCUT2D eigenvalue weighted by molar-refractivity contribution is -0.132. The first-order valence-corrected chi connectivity index (χ1v) is 5.36. The van der Waals surface area contributed by atoms with Gasteiger partial charge in [0, 0.05) is 20.0 Å². The van der Waals surface area contributed by atoms with E-state index in [1.54, 1.807) is 0 Å². The number of carbonyl (C=O) groups excluding carboxylic acids is 2. The predicted octanol–water partition coefficient (Wildman–Crippen LogP) is -1.50. The van der Waals surface area contributed by atoms with Crippen molar-refractivity contribution in [1.29, 1.82) is 0 Å². The smallest absolute Gasteiger partial charge is 0.408 e. The third kappa shape index (κ3) is 3.72. The first kappa shape index (κ1) is 14.5. The first-order valence-electron chi connectivity index (χ1n) is 5.36. The molecule has 4 N–H and O–H groups in total. The Hall–Kier alpha value is -2.52. The number of rotatable bonds is 1. The Morgan fingerprint density at radius 3 is 2.16 bits per heavy atom. The van der Waals surface area contributed by atoms with Gasteiger partial charge in [0.2, 0.25) is 5.91 Å². The van der Waals surface area contributed by atoms with Crippen molar-refractivity contribution in [3.63, 3.8) is 0 Å². The van der Waals surface area contributed by atoms with E-state index in [1.165, 1.54) is 6.92 Å². The van der Waals surface area contributed by atoms with E-state index >= 15 is 0 Å². The molecule has 1 fully saturated rings. The van der Waals surface area contributed by atoms with E-state index in [2.05, 4.69) is 0 Å². The number of nitrogens with zero attached hydrogens (tertiary/aromatic N) is 2. The lowest BCUT2D eigenvalue weighted by atomic mass is 10.1. The molecule has 0 radical (unpaired) electrons. The van der Waals surface area contributed by atoms with E-state index in [9.17, 15) is 19.2 Å². The molecule has 106 valence electrons. The zero-order valence-electron chi connectivity index (χ0n) is 10.1. The molecule has 1 atom stereocenters. The summed E-state index contributed by atoms with van der Waals surface area (Å²) in [5.74, 6) is -1.32. The number of hydrazine groups is 1. The van der Waals surface area contributed by atoms with Gasteiger partial charge in [0.15, 0.2) is 0 Å². The van der Waals surface area contributed by atoms with Gasteiger partial charge in [-0.15, -0.1) is 0 Å². The molecule has 0 aliphatic carbocycles. The van der Waals surface area contributed by atoms with Gasteiger partial charge >= 0.3 is 12.2 Å². The fourth-order valence-electron chi connectivity index (χ4n) is 1.64. The maximum Gasteiger partial charge on any atom is 0.408 e. The van der Waals surface area contributed by atoms with Crippen LogP contribution in [0.3, 0.4) is 0 Å². The van der Waals surface area contributed by atoms with Crippen LogP contribution in [0.5, 0.6) is 0 Å². The molecule has 4 amide bonds. The van der Waals surface area contributed by atoms with Crippen molar-refractivity contribution in [2.75, 3.05) is 19.6 Å². The number of piperazine rings is 1. The zero-order chi connectivity index (χ0) is 14.6. The molecule has 1 heterocycles. The Morgan fingerprint density at radius 2 is 1.68 bits per heavy atom.